The minimum atomic E-state index is -0.578. The lowest BCUT2D eigenvalue weighted by molar-refractivity contribution is 0.0382. The summed E-state index contributed by atoms with van der Waals surface area (Å²) in [6, 6.07) is 12.0. The van der Waals surface area contributed by atoms with Gasteiger partial charge < -0.3 is 21.1 Å². The third-order valence-electron chi connectivity index (χ3n) is 7.33. The van der Waals surface area contributed by atoms with Gasteiger partial charge in [-0.25, -0.2) is 9.31 Å². The summed E-state index contributed by atoms with van der Waals surface area (Å²) >= 11 is 0. The van der Waals surface area contributed by atoms with Gasteiger partial charge in [0.2, 0.25) is 0 Å². The number of benzene rings is 1. The Kier molecular flexibility index (Phi) is 6.03. The molecular formula is C27H35N5O3. The molecule has 0 bridgehead atoms. The normalized spacial score (nSPS) is 21.6. The van der Waals surface area contributed by atoms with Crippen LogP contribution in [0.3, 0.4) is 0 Å². The van der Waals surface area contributed by atoms with Crippen LogP contribution in [0.25, 0.3) is 16.6 Å². The van der Waals surface area contributed by atoms with E-state index in [1.54, 1.807) is 4.52 Å². The summed E-state index contributed by atoms with van der Waals surface area (Å²) in [4.78, 5) is 24.9. The molecule has 0 aliphatic heterocycles. The number of nitrogens with zero attached hydrogens (tertiary/aromatic N) is 2. The van der Waals surface area contributed by atoms with E-state index in [2.05, 4.69) is 29.6 Å². The summed E-state index contributed by atoms with van der Waals surface area (Å²) in [5.41, 5.74) is 8.08. The van der Waals surface area contributed by atoms with E-state index in [0.717, 1.165) is 29.5 Å². The molecule has 2 amide bonds. The number of anilines is 1. The zero-order valence-electron chi connectivity index (χ0n) is 21.3. The van der Waals surface area contributed by atoms with E-state index in [9.17, 15) is 9.59 Å². The number of nitrogens with one attached hydrogen (secondary N) is 2. The van der Waals surface area contributed by atoms with Crippen LogP contribution in [0.5, 0.6) is 0 Å². The molecular weight excluding hydrogens is 442 g/mol. The van der Waals surface area contributed by atoms with Gasteiger partial charge in [0.05, 0.1) is 23.0 Å². The maximum atomic E-state index is 12.6. The average Bonchev–Trinajstić information content (AvgIpc) is 3.28. The number of rotatable bonds is 5. The number of primary amides is 1. The lowest BCUT2D eigenvalue weighted by Crippen LogP contribution is -2.57. The summed E-state index contributed by atoms with van der Waals surface area (Å²) in [5, 5.41) is 11.1. The second-order valence-corrected chi connectivity index (χ2v) is 11.1. The van der Waals surface area contributed by atoms with Crippen LogP contribution in [0, 0.1) is 5.41 Å². The van der Waals surface area contributed by atoms with Crippen LogP contribution in [0.1, 0.15) is 64.7 Å². The predicted octanol–water partition coefficient (Wildman–Crippen LogP) is 4.98. The number of carbonyl (C=O) groups is 2. The number of carbonyl (C=O) groups excluding carboxylic acids is 2. The number of alkyl carbamates (subject to hydrolysis) is 1. The van der Waals surface area contributed by atoms with Crippen molar-refractivity contribution in [3.63, 3.8) is 0 Å². The number of hydrogen-bond donors (Lipinski definition) is 3. The van der Waals surface area contributed by atoms with Crippen LogP contribution in [-0.4, -0.2) is 38.8 Å². The van der Waals surface area contributed by atoms with Crippen molar-refractivity contribution in [3.8, 4) is 11.1 Å². The first kappa shape index (κ1) is 24.6. The van der Waals surface area contributed by atoms with Crippen molar-refractivity contribution in [3.05, 3.63) is 54.4 Å². The third kappa shape index (κ3) is 4.70. The minimum absolute atomic E-state index is 0.0400. The summed E-state index contributed by atoms with van der Waals surface area (Å²) in [5.74, 6) is -0.546. The summed E-state index contributed by atoms with van der Waals surface area (Å²) in [6.07, 6.45) is 4.55. The number of nitrogens with two attached hydrogens (primary N) is 1. The Morgan fingerprint density at radius 3 is 2.46 bits per heavy atom. The first-order valence-electron chi connectivity index (χ1n) is 11.9. The van der Waals surface area contributed by atoms with Crippen molar-refractivity contribution < 1.29 is 14.3 Å². The fourth-order valence-corrected chi connectivity index (χ4v) is 4.86. The van der Waals surface area contributed by atoms with E-state index < -0.39 is 23.1 Å². The fourth-order valence-electron chi connectivity index (χ4n) is 4.86. The first-order chi connectivity index (χ1) is 16.3. The van der Waals surface area contributed by atoms with Crippen LogP contribution in [0.4, 0.5) is 10.5 Å². The van der Waals surface area contributed by atoms with Gasteiger partial charge in [0.15, 0.2) is 0 Å². The molecule has 3 aromatic rings. The van der Waals surface area contributed by atoms with Crippen LogP contribution in [-0.2, 0) is 4.74 Å². The highest BCUT2D eigenvalue weighted by Crippen LogP contribution is 2.48. The van der Waals surface area contributed by atoms with Crippen LogP contribution in [0.2, 0.25) is 0 Å². The highest BCUT2D eigenvalue weighted by molar-refractivity contribution is 6.02. The van der Waals surface area contributed by atoms with Gasteiger partial charge in [0.25, 0.3) is 5.91 Å². The molecule has 0 saturated heterocycles. The van der Waals surface area contributed by atoms with Gasteiger partial charge in [-0.2, -0.15) is 5.10 Å². The fraction of sp³-hybridized carbons (Fsp3) is 0.444. The quantitative estimate of drug-likeness (QED) is 0.480. The summed E-state index contributed by atoms with van der Waals surface area (Å²) < 4.78 is 7.28. The molecule has 4 N–H and O–H groups in total. The Morgan fingerprint density at radius 1 is 1.14 bits per heavy atom. The molecule has 1 fully saturated rings. The minimum Gasteiger partial charge on any atom is -0.444 e. The van der Waals surface area contributed by atoms with Crippen LogP contribution < -0.4 is 16.4 Å². The van der Waals surface area contributed by atoms with E-state index in [1.807, 2.05) is 70.3 Å². The highest BCUT2D eigenvalue weighted by Gasteiger charge is 2.53. The molecule has 2 atom stereocenters. The van der Waals surface area contributed by atoms with Crippen molar-refractivity contribution >= 4 is 23.2 Å². The number of amides is 2. The predicted molar refractivity (Wildman–Crippen MR) is 137 cm³/mol. The van der Waals surface area contributed by atoms with Crippen molar-refractivity contribution in [2.24, 2.45) is 11.1 Å². The van der Waals surface area contributed by atoms with Gasteiger partial charge in [-0.15, -0.1) is 0 Å². The molecule has 1 aliphatic rings. The average molecular weight is 478 g/mol. The zero-order chi connectivity index (χ0) is 25.6. The second kappa shape index (κ2) is 8.59. The van der Waals surface area contributed by atoms with E-state index >= 15 is 0 Å². The van der Waals surface area contributed by atoms with Gasteiger partial charge in [0.1, 0.15) is 5.60 Å². The van der Waals surface area contributed by atoms with Crippen molar-refractivity contribution in [1.82, 2.24) is 14.9 Å². The molecule has 0 spiro atoms. The molecule has 1 aromatic carbocycles. The maximum Gasteiger partial charge on any atom is 0.408 e. The second-order valence-electron chi connectivity index (χ2n) is 11.1. The van der Waals surface area contributed by atoms with E-state index in [0.29, 0.717) is 11.3 Å². The van der Waals surface area contributed by atoms with E-state index in [-0.39, 0.29) is 11.5 Å². The molecule has 186 valence electrons. The SMILES string of the molecule is CC(C)(C)OC(=O)NC1(C)CCC(Nc2c(C(N)=O)cnn3cc(-c4ccccc4)cc23)C1(C)C. The number of fused-ring (bicyclic) bond motifs is 1. The molecule has 2 heterocycles. The highest BCUT2D eigenvalue weighted by atomic mass is 16.6. The largest absolute Gasteiger partial charge is 0.444 e. The molecule has 8 nitrogen and oxygen atoms in total. The summed E-state index contributed by atoms with van der Waals surface area (Å²) in [7, 11) is 0. The molecule has 2 aromatic heterocycles. The molecule has 1 aliphatic carbocycles. The zero-order valence-corrected chi connectivity index (χ0v) is 21.3. The van der Waals surface area contributed by atoms with Crippen LogP contribution >= 0.6 is 0 Å². The molecule has 8 heteroatoms. The van der Waals surface area contributed by atoms with Crippen molar-refractivity contribution in [1.29, 1.82) is 0 Å². The third-order valence-corrected chi connectivity index (χ3v) is 7.33. The lowest BCUT2D eigenvalue weighted by Gasteiger charge is -2.42. The Bertz CT molecular complexity index is 1260. The topological polar surface area (TPSA) is 111 Å². The Hall–Kier alpha value is -3.55. The molecule has 0 radical (unpaired) electrons. The van der Waals surface area contributed by atoms with Gasteiger partial charge in [0, 0.05) is 28.8 Å². The Balaban J connectivity index is 1.68. The lowest BCUT2D eigenvalue weighted by atomic mass is 9.74. The number of aromatic nitrogens is 2. The monoisotopic (exact) mass is 477 g/mol. The van der Waals surface area contributed by atoms with E-state index in [4.69, 9.17) is 10.5 Å². The Morgan fingerprint density at radius 2 is 1.83 bits per heavy atom. The molecule has 35 heavy (non-hydrogen) atoms. The van der Waals surface area contributed by atoms with Gasteiger partial charge in [-0.1, -0.05) is 44.2 Å². The smallest absolute Gasteiger partial charge is 0.408 e. The van der Waals surface area contributed by atoms with Crippen LogP contribution in [0.15, 0.2) is 48.8 Å². The molecule has 1 saturated carbocycles. The standard InChI is InChI=1S/C27H35N5O3/c1-25(2,3)35-24(34)31-27(6)13-12-21(26(27,4)5)30-22-19(23(28)33)15-29-32-16-18(14-20(22)32)17-10-8-7-9-11-17/h7-11,14-16,21,30H,12-13H2,1-6H3,(H2,28,33)(H,31,34). The number of hydrogen-bond acceptors (Lipinski definition) is 5. The maximum absolute atomic E-state index is 12.6. The molecule has 2 unspecified atom stereocenters. The Labute approximate surface area is 206 Å². The molecule has 4 rings (SSSR count). The van der Waals surface area contributed by atoms with Gasteiger partial charge in [-0.05, 0) is 52.2 Å². The summed E-state index contributed by atoms with van der Waals surface area (Å²) in [6.45, 7) is 11.8. The van der Waals surface area contributed by atoms with Crippen molar-refractivity contribution in [2.45, 2.75) is 71.6 Å². The van der Waals surface area contributed by atoms with Gasteiger partial charge >= 0.3 is 6.09 Å². The van der Waals surface area contributed by atoms with Gasteiger partial charge in [-0.3, -0.25) is 4.79 Å². The number of ether oxygens (including phenoxy) is 1. The van der Waals surface area contributed by atoms with E-state index in [1.165, 1.54) is 6.20 Å². The first-order valence-corrected chi connectivity index (χ1v) is 11.9. The van der Waals surface area contributed by atoms with Crippen molar-refractivity contribution in [2.75, 3.05) is 5.32 Å².